The standard InChI is InChI=1S/C4H12N.C2H4O2.H2O/c1-5(2,3)4;1-2(3)4;/h1-4H3;1H3,(H,3,4);1H2/q+1;;. The zero-order valence-electron chi connectivity index (χ0n) is 7.30. The topological polar surface area (TPSA) is 68.8 Å². The van der Waals surface area contributed by atoms with Crippen molar-refractivity contribution in [2.75, 3.05) is 28.2 Å². The Morgan fingerprint density at radius 3 is 1.20 bits per heavy atom. The maximum absolute atomic E-state index is 9.00. The smallest absolute Gasteiger partial charge is 0.300 e. The van der Waals surface area contributed by atoms with Crippen LogP contribution in [0.5, 0.6) is 0 Å². The van der Waals surface area contributed by atoms with Crippen molar-refractivity contribution in [1.82, 2.24) is 0 Å². The van der Waals surface area contributed by atoms with Gasteiger partial charge in [-0.15, -0.1) is 0 Å². The summed E-state index contributed by atoms with van der Waals surface area (Å²) in [4.78, 5) is 9.00. The molecule has 0 amide bonds. The van der Waals surface area contributed by atoms with E-state index in [0.717, 1.165) is 11.4 Å². The number of hydrogen-bond donors (Lipinski definition) is 1. The minimum atomic E-state index is -0.833. The van der Waals surface area contributed by atoms with Crippen LogP contribution < -0.4 is 0 Å². The van der Waals surface area contributed by atoms with Crippen LogP contribution in [0.4, 0.5) is 0 Å². The van der Waals surface area contributed by atoms with Crippen molar-refractivity contribution in [3.63, 3.8) is 0 Å². The first-order valence-electron chi connectivity index (χ1n) is 2.72. The molecular weight excluding hydrogens is 134 g/mol. The number of quaternary nitrogens is 1. The molecule has 64 valence electrons. The highest BCUT2D eigenvalue weighted by atomic mass is 16.4. The Balaban J connectivity index is -0.0000000910. The summed E-state index contributed by atoms with van der Waals surface area (Å²) in [5, 5.41) is 7.42. The van der Waals surface area contributed by atoms with Crippen molar-refractivity contribution in [1.29, 1.82) is 0 Å². The van der Waals surface area contributed by atoms with Gasteiger partial charge in [0.05, 0.1) is 28.2 Å². The van der Waals surface area contributed by atoms with Gasteiger partial charge in [0.15, 0.2) is 0 Å². The molecule has 4 nitrogen and oxygen atoms in total. The number of aliphatic carboxylic acids is 1. The second-order valence-electron chi connectivity index (χ2n) is 3.20. The lowest BCUT2D eigenvalue weighted by atomic mass is 10.8. The summed E-state index contributed by atoms with van der Waals surface area (Å²) in [7, 11) is 8.50. The van der Waals surface area contributed by atoms with Gasteiger partial charge in [-0.25, -0.2) is 0 Å². The summed E-state index contributed by atoms with van der Waals surface area (Å²) in [6.07, 6.45) is 0. The molecule has 10 heavy (non-hydrogen) atoms. The first kappa shape index (κ1) is 16.2. The normalized spacial score (nSPS) is 8.50. The molecule has 3 N–H and O–H groups in total. The highest BCUT2D eigenvalue weighted by molar-refractivity contribution is 5.62. The van der Waals surface area contributed by atoms with Gasteiger partial charge in [0.2, 0.25) is 0 Å². The van der Waals surface area contributed by atoms with Gasteiger partial charge in [-0.05, 0) is 0 Å². The van der Waals surface area contributed by atoms with Gasteiger partial charge in [-0.1, -0.05) is 0 Å². The lowest BCUT2D eigenvalue weighted by Crippen LogP contribution is -2.27. The lowest BCUT2D eigenvalue weighted by Gasteiger charge is -2.14. The molecule has 0 heterocycles. The number of carbonyl (C=O) groups is 1. The molecule has 0 saturated heterocycles. The van der Waals surface area contributed by atoms with Crippen LogP contribution in [0.2, 0.25) is 0 Å². The average Bonchev–Trinajstić information content (AvgIpc) is 1.19. The molecule has 0 aliphatic carbocycles. The van der Waals surface area contributed by atoms with Crippen LogP contribution in [0.25, 0.3) is 0 Å². The van der Waals surface area contributed by atoms with Gasteiger partial charge < -0.3 is 15.1 Å². The maximum atomic E-state index is 9.00. The molecule has 0 spiro atoms. The fourth-order valence-electron chi connectivity index (χ4n) is 0. The van der Waals surface area contributed by atoms with Crippen molar-refractivity contribution in [2.24, 2.45) is 0 Å². The van der Waals surface area contributed by atoms with Gasteiger partial charge in [0, 0.05) is 6.92 Å². The summed E-state index contributed by atoms with van der Waals surface area (Å²) in [5.74, 6) is -0.833. The molecule has 0 aliphatic heterocycles. The fourth-order valence-corrected chi connectivity index (χ4v) is 0. The number of carboxylic acid groups (broad SMARTS) is 1. The number of carboxylic acids is 1. The maximum Gasteiger partial charge on any atom is 0.300 e. The van der Waals surface area contributed by atoms with Crippen molar-refractivity contribution in [2.45, 2.75) is 6.92 Å². The van der Waals surface area contributed by atoms with Crippen LogP contribution >= 0.6 is 0 Å². The minimum Gasteiger partial charge on any atom is -0.481 e. The Labute approximate surface area is 62.0 Å². The van der Waals surface area contributed by atoms with E-state index < -0.39 is 5.97 Å². The van der Waals surface area contributed by atoms with Crippen molar-refractivity contribution in [3.05, 3.63) is 0 Å². The van der Waals surface area contributed by atoms with E-state index >= 15 is 0 Å². The number of nitrogens with zero attached hydrogens (tertiary/aromatic N) is 1. The van der Waals surface area contributed by atoms with E-state index in [4.69, 9.17) is 9.90 Å². The van der Waals surface area contributed by atoms with Gasteiger partial charge in [-0.2, -0.15) is 0 Å². The molecule has 0 aromatic heterocycles. The second-order valence-corrected chi connectivity index (χ2v) is 3.20. The molecule has 0 unspecified atom stereocenters. The van der Waals surface area contributed by atoms with Gasteiger partial charge >= 0.3 is 0 Å². The van der Waals surface area contributed by atoms with Crippen molar-refractivity contribution < 1.29 is 19.9 Å². The van der Waals surface area contributed by atoms with Crippen molar-refractivity contribution >= 4 is 5.97 Å². The average molecular weight is 152 g/mol. The Morgan fingerprint density at radius 1 is 1.20 bits per heavy atom. The SMILES string of the molecule is CC(=O)O.C[N+](C)(C)C.O. The molecule has 0 aromatic rings. The van der Waals surface area contributed by atoms with Gasteiger partial charge in [0.25, 0.3) is 5.97 Å². The third kappa shape index (κ3) is 811. The predicted octanol–water partition coefficient (Wildman–Crippen LogP) is -0.411. The molecule has 0 radical (unpaired) electrons. The molecule has 4 heteroatoms. The van der Waals surface area contributed by atoms with E-state index in [0.29, 0.717) is 0 Å². The molecule has 0 aromatic carbocycles. The molecule has 0 atom stereocenters. The summed E-state index contributed by atoms with van der Waals surface area (Å²) >= 11 is 0. The number of rotatable bonds is 0. The summed E-state index contributed by atoms with van der Waals surface area (Å²) in [6, 6.07) is 0. The third-order valence-corrected chi connectivity index (χ3v) is 0. The molecular formula is C6H18NO3+. The first-order valence-corrected chi connectivity index (χ1v) is 2.72. The highest BCUT2D eigenvalue weighted by Gasteiger charge is 1.88. The van der Waals surface area contributed by atoms with E-state index in [9.17, 15) is 0 Å². The summed E-state index contributed by atoms with van der Waals surface area (Å²) in [5.41, 5.74) is 0. The third-order valence-electron chi connectivity index (χ3n) is 0. The highest BCUT2D eigenvalue weighted by Crippen LogP contribution is 1.73. The zero-order chi connectivity index (χ0) is 8.08. The quantitative estimate of drug-likeness (QED) is 0.479. The second kappa shape index (κ2) is 6.51. The Morgan fingerprint density at radius 2 is 1.20 bits per heavy atom. The van der Waals surface area contributed by atoms with E-state index in [1.807, 2.05) is 0 Å². The summed E-state index contributed by atoms with van der Waals surface area (Å²) in [6.45, 7) is 1.08. The van der Waals surface area contributed by atoms with Gasteiger partial charge in [-0.3, -0.25) is 4.79 Å². The van der Waals surface area contributed by atoms with Crippen LogP contribution in [0.1, 0.15) is 6.92 Å². The molecule has 0 rings (SSSR count). The van der Waals surface area contributed by atoms with E-state index in [1.165, 1.54) is 0 Å². The van der Waals surface area contributed by atoms with E-state index in [1.54, 1.807) is 0 Å². The van der Waals surface area contributed by atoms with Crippen LogP contribution in [-0.4, -0.2) is 49.2 Å². The first-order chi connectivity index (χ1) is 3.73. The Kier molecular flexibility index (Phi) is 10.5. The van der Waals surface area contributed by atoms with E-state index in [-0.39, 0.29) is 5.48 Å². The van der Waals surface area contributed by atoms with Crippen LogP contribution in [-0.2, 0) is 4.79 Å². The van der Waals surface area contributed by atoms with Gasteiger partial charge in [0.1, 0.15) is 0 Å². The van der Waals surface area contributed by atoms with Crippen LogP contribution in [0, 0.1) is 0 Å². The Bertz CT molecular complexity index is 75.5. The molecule has 0 saturated carbocycles. The van der Waals surface area contributed by atoms with E-state index in [2.05, 4.69) is 28.2 Å². The molecule has 0 fully saturated rings. The minimum absolute atomic E-state index is 0. The Hall–Kier alpha value is -0.610. The van der Waals surface area contributed by atoms with Crippen molar-refractivity contribution in [3.8, 4) is 0 Å². The fraction of sp³-hybridized carbons (Fsp3) is 0.833. The molecule has 0 aliphatic rings. The summed E-state index contributed by atoms with van der Waals surface area (Å²) < 4.78 is 1.00. The molecule has 0 bridgehead atoms. The monoisotopic (exact) mass is 152 g/mol. The predicted molar refractivity (Wildman–Crippen MR) is 40.9 cm³/mol. The van der Waals surface area contributed by atoms with Crippen LogP contribution in [0.15, 0.2) is 0 Å². The zero-order valence-corrected chi connectivity index (χ0v) is 7.30. The lowest BCUT2D eigenvalue weighted by molar-refractivity contribution is -0.849. The largest absolute Gasteiger partial charge is 0.481 e. The van der Waals surface area contributed by atoms with Crippen LogP contribution in [0.3, 0.4) is 0 Å². The number of hydrogen-bond acceptors (Lipinski definition) is 1.